The largest absolute Gasteiger partial charge is 0.392 e. The molecule has 0 spiro atoms. The lowest BCUT2D eigenvalue weighted by atomic mass is 10.1. The van der Waals surface area contributed by atoms with Gasteiger partial charge in [-0.1, -0.05) is 43.3 Å². The van der Waals surface area contributed by atoms with Crippen LogP contribution in [0.2, 0.25) is 0 Å². The molecule has 0 aliphatic carbocycles. The van der Waals surface area contributed by atoms with Gasteiger partial charge >= 0.3 is 0 Å². The minimum absolute atomic E-state index is 0.0491. The number of nitrogens with zero attached hydrogens (tertiary/aromatic N) is 1. The topological polar surface area (TPSA) is 75.4 Å². The van der Waals surface area contributed by atoms with Crippen LogP contribution in [0.3, 0.4) is 0 Å². The summed E-state index contributed by atoms with van der Waals surface area (Å²) in [5, 5.41) is 15.9. The molecule has 0 fully saturated rings. The Morgan fingerprint density at radius 3 is 2.76 bits per heavy atom. The molecule has 1 atom stereocenters. The van der Waals surface area contributed by atoms with Gasteiger partial charge in [0.1, 0.15) is 0 Å². The number of amides is 1. The molecule has 1 aromatic carbocycles. The number of aromatic nitrogens is 1. The number of carbonyl (C=O) groups is 1. The summed E-state index contributed by atoms with van der Waals surface area (Å²) in [6.45, 7) is 4.39. The number of hydrogen-bond acceptors (Lipinski definition) is 4. The molecule has 5 nitrogen and oxygen atoms in total. The molecule has 2 N–H and O–H groups in total. The number of hydrogen-bond donors (Lipinski definition) is 2. The molecule has 2 rings (SSSR count). The van der Waals surface area contributed by atoms with Crippen molar-refractivity contribution in [3.05, 3.63) is 52.9 Å². The second-order valence-electron chi connectivity index (χ2n) is 5.03. The van der Waals surface area contributed by atoms with Crippen LogP contribution in [0.5, 0.6) is 0 Å². The van der Waals surface area contributed by atoms with E-state index in [9.17, 15) is 9.90 Å². The van der Waals surface area contributed by atoms with Gasteiger partial charge in [-0.25, -0.2) is 0 Å². The predicted molar refractivity (Wildman–Crippen MR) is 78.7 cm³/mol. The summed E-state index contributed by atoms with van der Waals surface area (Å²) in [6, 6.07) is 9.11. The number of aliphatic hydroxyl groups is 1. The third kappa shape index (κ3) is 3.70. The van der Waals surface area contributed by atoms with Gasteiger partial charge in [0.25, 0.3) is 5.91 Å². The highest BCUT2D eigenvalue weighted by Crippen LogP contribution is 2.18. The Morgan fingerprint density at radius 2 is 2.10 bits per heavy atom. The fourth-order valence-corrected chi connectivity index (χ4v) is 1.98. The van der Waals surface area contributed by atoms with E-state index in [1.807, 2.05) is 31.2 Å². The van der Waals surface area contributed by atoms with Crippen LogP contribution in [-0.4, -0.2) is 16.2 Å². The van der Waals surface area contributed by atoms with Crippen molar-refractivity contribution in [2.45, 2.75) is 39.3 Å². The van der Waals surface area contributed by atoms with Gasteiger partial charge in [0, 0.05) is 18.5 Å². The van der Waals surface area contributed by atoms with Crippen LogP contribution >= 0.6 is 0 Å². The number of carbonyl (C=O) groups excluding carboxylic acids is 1. The van der Waals surface area contributed by atoms with Crippen LogP contribution in [0.15, 0.2) is 34.9 Å². The Bertz CT molecular complexity index is 607. The summed E-state index contributed by atoms with van der Waals surface area (Å²) in [7, 11) is 0. The van der Waals surface area contributed by atoms with E-state index in [2.05, 4.69) is 17.4 Å². The molecule has 0 unspecified atom stereocenters. The quantitative estimate of drug-likeness (QED) is 0.856. The normalized spacial score (nSPS) is 12.1. The molecular weight excluding hydrogens is 268 g/mol. The van der Waals surface area contributed by atoms with Crippen LogP contribution in [0.1, 0.15) is 53.6 Å². The molecule has 0 aliphatic rings. The molecule has 2 aromatic rings. The molecule has 0 saturated heterocycles. The van der Waals surface area contributed by atoms with Crippen LogP contribution < -0.4 is 5.32 Å². The zero-order valence-electron chi connectivity index (χ0n) is 12.3. The molecule has 5 heteroatoms. The van der Waals surface area contributed by atoms with Crippen LogP contribution in [0.4, 0.5) is 0 Å². The Balaban J connectivity index is 2.00. The van der Waals surface area contributed by atoms with Crippen LogP contribution in [0.25, 0.3) is 0 Å². The first-order valence-corrected chi connectivity index (χ1v) is 7.08. The van der Waals surface area contributed by atoms with Crippen molar-refractivity contribution in [1.82, 2.24) is 10.5 Å². The van der Waals surface area contributed by atoms with Crippen molar-refractivity contribution in [3.63, 3.8) is 0 Å². The first-order chi connectivity index (χ1) is 10.2. The monoisotopic (exact) mass is 288 g/mol. The third-order valence-corrected chi connectivity index (χ3v) is 3.60. The van der Waals surface area contributed by atoms with Gasteiger partial charge in [-0.3, -0.25) is 4.79 Å². The second-order valence-corrected chi connectivity index (χ2v) is 5.03. The van der Waals surface area contributed by atoms with E-state index in [1.54, 1.807) is 6.07 Å². The van der Waals surface area contributed by atoms with Crippen molar-refractivity contribution in [1.29, 1.82) is 0 Å². The summed E-state index contributed by atoms with van der Waals surface area (Å²) in [5.41, 5.74) is 2.48. The molecule has 0 radical (unpaired) electrons. The number of nitrogens with one attached hydrogen (secondary N) is 1. The third-order valence-electron chi connectivity index (χ3n) is 3.60. The lowest BCUT2D eigenvalue weighted by Gasteiger charge is -2.07. The Morgan fingerprint density at radius 1 is 1.38 bits per heavy atom. The van der Waals surface area contributed by atoms with Gasteiger partial charge in [-0.15, -0.1) is 0 Å². The van der Waals surface area contributed by atoms with Crippen molar-refractivity contribution in [2.24, 2.45) is 0 Å². The van der Waals surface area contributed by atoms with E-state index >= 15 is 0 Å². The van der Waals surface area contributed by atoms with E-state index in [0.29, 0.717) is 6.54 Å². The molecule has 1 amide bonds. The number of benzene rings is 1. The maximum atomic E-state index is 12.0. The zero-order chi connectivity index (χ0) is 15.2. The van der Waals surface area contributed by atoms with Gasteiger partial charge in [0.2, 0.25) is 5.76 Å². The Hall–Kier alpha value is -2.14. The number of aliphatic hydroxyl groups excluding tert-OH is 1. The molecule has 0 saturated carbocycles. The molecule has 112 valence electrons. The minimum Gasteiger partial charge on any atom is -0.392 e. The summed E-state index contributed by atoms with van der Waals surface area (Å²) in [4.78, 5) is 12.0. The van der Waals surface area contributed by atoms with Gasteiger partial charge in [0.15, 0.2) is 0 Å². The maximum Gasteiger partial charge on any atom is 0.290 e. The SMILES string of the molecule is CC[C@H](C)c1cc(C(=O)NCc2ccccc2CO)on1. The van der Waals surface area contributed by atoms with Crippen molar-refractivity contribution < 1.29 is 14.4 Å². The van der Waals surface area contributed by atoms with E-state index in [-0.39, 0.29) is 24.2 Å². The summed E-state index contributed by atoms with van der Waals surface area (Å²) in [5.74, 6) is 0.182. The average molecular weight is 288 g/mol. The van der Waals surface area contributed by atoms with Crippen LogP contribution in [0, 0.1) is 0 Å². The summed E-state index contributed by atoms with van der Waals surface area (Å²) >= 11 is 0. The fraction of sp³-hybridized carbons (Fsp3) is 0.375. The summed E-state index contributed by atoms with van der Waals surface area (Å²) < 4.78 is 5.08. The fourth-order valence-electron chi connectivity index (χ4n) is 1.98. The van der Waals surface area contributed by atoms with Crippen molar-refractivity contribution >= 4 is 5.91 Å². The minimum atomic E-state index is -0.301. The number of rotatable bonds is 6. The molecule has 0 bridgehead atoms. The Labute approximate surface area is 124 Å². The molecule has 1 heterocycles. The van der Waals surface area contributed by atoms with Gasteiger partial charge in [-0.05, 0) is 17.5 Å². The van der Waals surface area contributed by atoms with Crippen molar-refractivity contribution in [3.8, 4) is 0 Å². The lowest BCUT2D eigenvalue weighted by molar-refractivity contribution is 0.0913. The highest BCUT2D eigenvalue weighted by atomic mass is 16.5. The van der Waals surface area contributed by atoms with E-state index in [1.165, 1.54) is 0 Å². The van der Waals surface area contributed by atoms with E-state index in [4.69, 9.17) is 4.52 Å². The highest BCUT2D eigenvalue weighted by Gasteiger charge is 2.15. The van der Waals surface area contributed by atoms with E-state index in [0.717, 1.165) is 23.2 Å². The van der Waals surface area contributed by atoms with Gasteiger partial charge in [0.05, 0.1) is 12.3 Å². The molecule has 1 aromatic heterocycles. The molecule has 0 aliphatic heterocycles. The second kappa shape index (κ2) is 7.04. The first-order valence-electron chi connectivity index (χ1n) is 7.08. The molecule has 21 heavy (non-hydrogen) atoms. The zero-order valence-corrected chi connectivity index (χ0v) is 12.3. The van der Waals surface area contributed by atoms with Gasteiger partial charge < -0.3 is 14.9 Å². The van der Waals surface area contributed by atoms with Crippen LogP contribution in [-0.2, 0) is 13.2 Å². The molecular formula is C16H20N2O3. The lowest BCUT2D eigenvalue weighted by Crippen LogP contribution is -2.23. The average Bonchev–Trinajstić information content (AvgIpc) is 3.02. The van der Waals surface area contributed by atoms with Gasteiger partial charge in [-0.2, -0.15) is 0 Å². The highest BCUT2D eigenvalue weighted by molar-refractivity contribution is 5.91. The standard InChI is InChI=1S/C16H20N2O3/c1-3-11(2)14-8-15(21-18-14)16(20)17-9-12-6-4-5-7-13(12)10-19/h4-8,11,19H,3,9-10H2,1-2H3,(H,17,20)/t11-/m0/s1. The Kier molecular flexibility index (Phi) is 5.11. The maximum absolute atomic E-state index is 12.0. The predicted octanol–water partition coefficient (Wildman–Crippen LogP) is 2.61. The van der Waals surface area contributed by atoms with Crippen molar-refractivity contribution in [2.75, 3.05) is 0 Å². The smallest absolute Gasteiger partial charge is 0.290 e. The van der Waals surface area contributed by atoms with E-state index < -0.39 is 0 Å². The first kappa shape index (κ1) is 15.3. The summed E-state index contributed by atoms with van der Waals surface area (Å²) in [6.07, 6.45) is 0.942.